The quantitative estimate of drug-likeness (QED) is 0.134. The van der Waals surface area contributed by atoms with Gasteiger partial charge in [-0.05, 0) is 0 Å². The molecule has 0 amide bonds. The molecule has 14 aliphatic rings. The monoisotopic (exact) mass is 718 g/mol. The molecule has 6 unspecified atom stereocenters. The molecule has 2 nitrogen and oxygen atoms in total. The number of benzene rings is 2. The minimum atomic E-state index is -4.69. The average molecular weight is 719 g/mol. The molecule has 10 aliphatic heterocycles. The van der Waals surface area contributed by atoms with Crippen molar-refractivity contribution >= 4 is 28.0 Å². The molecule has 1 spiro atoms. The predicted molar refractivity (Wildman–Crippen MR) is 198 cm³/mol. The fraction of sp³-hybridized carbons (Fsp3) is 0.500. The van der Waals surface area contributed by atoms with E-state index in [2.05, 4.69) is 119 Å². The summed E-state index contributed by atoms with van der Waals surface area (Å²) in [5, 5.41) is 0. The Labute approximate surface area is 283 Å². The fourth-order valence-electron chi connectivity index (χ4n) is 29.2. The summed E-state index contributed by atoms with van der Waals surface area (Å²) < 4.78 is 2.23. The standard InChI is InChI=1S/C39H39N2P2.C5H5.Fe/c42-26-39(32-20-27-19-28(22-32)23-33(39)21-27)38-31(25-43(35-15-7-9-17-40-35)36-16-8-10-18-41-36)24-34(29-11-3-1-4-12-29)37(38)30-13-5-2-6-14-30;1-2-4-5-3-1;/h1-18,24,27-28,32-33H,19-23,25-26,42H2;1-5H;. The molecule has 10 saturated heterocycles. The van der Waals surface area contributed by atoms with Crippen molar-refractivity contribution in [1.82, 2.24) is 9.97 Å². The Kier molecular flexibility index (Phi) is 2.29. The van der Waals surface area contributed by atoms with E-state index in [0.717, 1.165) is 52.6 Å². The van der Waals surface area contributed by atoms with Gasteiger partial charge in [0.25, 0.3) is 0 Å². The molecular weight excluding hydrogens is 674 g/mol. The molecular formula is C44H44FeN2P2. The second-order valence-corrected chi connectivity index (χ2v) is 46.4. The van der Waals surface area contributed by atoms with E-state index in [4.69, 9.17) is 9.97 Å². The van der Waals surface area contributed by atoms with E-state index in [1.165, 1.54) is 23.2 Å². The van der Waals surface area contributed by atoms with Gasteiger partial charge in [-0.2, -0.15) is 0 Å². The Morgan fingerprint density at radius 3 is 1.61 bits per heavy atom. The zero-order chi connectivity index (χ0) is 31.6. The van der Waals surface area contributed by atoms with Crippen molar-refractivity contribution in [3.63, 3.8) is 0 Å². The van der Waals surface area contributed by atoms with Crippen molar-refractivity contribution in [3.8, 4) is 0 Å². The van der Waals surface area contributed by atoms with Gasteiger partial charge in [-0.3, -0.25) is 0 Å². The third-order valence-corrected chi connectivity index (χ3v) is 73.5. The van der Waals surface area contributed by atoms with Gasteiger partial charge in [0.05, 0.1) is 0 Å². The normalized spacial score (nSPS) is 66.2. The Morgan fingerprint density at radius 1 is 0.633 bits per heavy atom. The predicted octanol–water partition coefficient (Wildman–Crippen LogP) is 9.57. The number of nitrogens with zero attached hydrogens (tertiary/aromatic N) is 2. The maximum absolute atomic E-state index is 5.24. The van der Waals surface area contributed by atoms with Gasteiger partial charge in [0.2, 0.25) is 0 Å². The molecule has 5 heteroatoms. The van der Waals surface area contributed by atoms with Crippen LogP contribution in [0.25, 0.3) is 0 Å². The van der Waals surface area contributed by atoms with Crippen LogP contribution in [-0.4, -0.2) is 22.3 Å². The summed E-state index contributed by atoms with van der Waals surface area (Å²) in [4.78, 5) is 17.3. The average Bonchev–Trinajstić information content (AvgIpc) is 4.11. The first-order valence-electron chi connectivity index (χ1n) is 19.6. The number of pyridine rings is 2. The first-order chi connectivity index (χ1) is 24.0. The summed E-state index contributed by atoms with van der Waals surface area (Å²) in [7, 11) is 2.96. The second kappa shape index (κ2) is 4.46. The van der Waals surface area contributed by atoms with Crippen molar-refractivity contribution in [2.75, 3.05) is 12.3 Å². The van der Waals surface area contributed by atoms with Crippen LogP contribution in [0, 0.1) is 29.1 Å². The van der Waals surface area contributed by atoms with E-state index in [9.17, 15) is 0 Å². The maximum atomic E-state index is 5.24. The van der Waals surface area contributed by atoms with Crippen molar-refractivity contribution in [3.05, 3.63) is 121 Å². The van der Waals surface area contributed by atoms with Crippen LogP contribution in [0.15, 0.2) is 109 Å². The summed E-state index contributed by atoms with van der Waals surface area (Å²) in [6.07, 6.45) is 14.8. The van der Waals surface area contributed by atoms with E-state index >= 15 is 0 Å². The van der Waals surface area contributed by atoms with Gasteiger partial charge < -0.3 is 0 Å². The third kappa shape index (κ3) is 0.716. The van der Waals surface area contributed by atoms with Gasteiger partial charge in [-0.25, -0.2) is 0 Å². The molecule has 0 radical (unpaired) electrons. The fourth-order valence-corrected chi connectivity index (χ4v) is 118. The molecule has 14 fully saturated rings. The number of hydrogen-bond donors (Lipinski definition) is 0. The van der Waals surface area contributed by atoms with Crippen LogP contribution in [0.1, 0.15) is 43.2 Å². The van der Waals surface area contributed by atoms with Crippen LogP contribution in [0.3, 0.4) is 0 Å². The van der Waals surface area contributed by atoms with Crippen molar-refractivity contribution in [2.45, 2.75) is 78.3 Å². The number of rotatable bonds is 8. The molecule has 18 rings (SSSR count). The summed E-state index contributed by atoms with van der Waals surface area (Å²) in [5.41, 5.74) is 6.96. The molecule has 49 heavy (non-hydrogen) atoms. The zero-order valence-electron chi connectivity index (χ0n) is 27.9. The van der Waals surface area contributed by atoms with E-state index in [1.54, 1.807) is 32.1 Å². The summed E-state index contributed by atoms with van der Waals surface area (Å²) in [5.74, 6) is 3.96. The Balaban J connectivity index is 1.06. The molecule has 6 atom stereocenters. The van der Waals surface area contributed by atoms with E-state index in [1.807, 2.05) is 11.1 Å². The molecule has 0 N–H and O–H groups in total. The third-order valence-electron chi connectivity index (χ3n) is 25.7. The summed E-state index contributed by atoms with van der Waals surface area (Å²) >= 11 is 0. The van der Waals surface area contributed by atoms with Crippen LogP contribution in [-0.2, 0) is 15.1 Å². The SMILES string of the molecule is PCC1([C]23[C]4(CP(c5ccccn5)c5ccccn5)[CH]5[C]6(c7ccccc7)[C]2(c2ccccc2)[Fe]54632789[CH]3[CH]2[CH]7[CH]8[CH]39)C2CC3CC(C2)CC1C3. The number of fused-ring (bicyclic) bond motifs is 11. The first kappa shape index (κ1) is 25.2. The summed E-state index contributed by atoms with van der Waals surface area (Å²) in [6.45, 7) is -4.69. The zero-order valence-corrected chi connectivity index (χ0v) is 31.0. The van der Waals surface area contributed by atoms with Crippen molar-refractivity contribution < 1.29 is 6.51 Å². The first-order valence-corrected chi connectivity index (χ1v) is 28.0. The van der Waals surface area contributed by atoms with Crippen molar-refractivity contribution in [2.24, 2.45) is 29.1 Å². The minimum absolute atomic E-state index is 0.498. The molecule has 4 saturated carbocycles. The molecule has 248 valence electrons. The number of hydrogen-bond acceptors (Lipinski definition) is 2. The van der Waals surface area contributed by atoms with Crippen LogP contribution < -0.4 is 10.9 Å². The van der Waals surface area contributed by atoms with Crippen LogP contribution in [0.2, 0.25) is 37.5 Å². The van der Waals surface area contributed by atoms with Gasteiger partial charge in [-0.15, -0.1) is 0 Å². The molecule has 4 aliphatic carbocycles. The summed E-state index contributed by atoms with van der Waals surface area (Å²) in [6, 6.07) is 38.9. The van der Waals surface area contributed by atoms with E-state index < -0.39 is 14.4 Å². The van der Waals surface area contributed by atoms with Gasteiger partial charge in [0.1, 0.15) is 0 Å². The van der Waals surface area contributed by atoms with Crippen LogP contribution in [0.5, 0.6) is 0 Å². The van der Waals surface area contributed by atoms with Gasteiger partial charge in [0.15, 0.2) is 0 Å². The second-order valence-electron chi connectivity index (χ2n) is 21.3. The van der Waals surface area contributed by atoms with Crippen molar-refractivity contribution in [1.29, 1.82) is 0 Å². The molecule has 2 aromatic carbocycles. The van der Waals surface area contributed by atoms with Gasteiger partial charge in [-0.1, -0.05) is 0 Å². The Morgan fingerprint density at radius 2 is 1.14 bits per heavy atom. The van der Waals surface area contributed by atoms with E-state index in [0.29, 0.717) is 22.7 Å². The molecule has 12 heterocycles. The van der Waals surface area contributed by atoms with Crippen LogP contribution >= 0.6 is 17.2 Å². The molecule has 4 aromatic rings. The number of aromatic nitrogens is 2. The topological polar surface area (TPSA) is 25.8 Å². The van der Waals surface area contributed by atoms with Crippen LogP contribution in [0.4, 0.5) is 0 Å². The molecule has 2 aromatic heterocycles. The van der Waals surface area contributed by atoms with Gasteiger partial charge >= 0.3 is 285 Å². The molecule has 4 bridgehead atoms. The van der Waals surface area contributed by atoms with Gasteiger partial charge in [0, 0.05) is 0 Å². The Hall–Kier alpha value is -1.88. The Bertz CT molecular complexity index is 2590. The van der Waals surface area contributed by atoms with E-state index in [-0.39, 0.29) is 0 Å².